The Labute approximate surface area is 132 Å². The maximum atomic E-state index is 13.9. The van der Waals surface area contributed by atoms with Gasteiger partial charge in [0.05, 0.1) is 10.9 Å². The Kier molecular flexibility index (Phi) is 3.92. The topological polar surface area (TPSA) is 31.2 Å². The molecule has 19 heavy (non-hydrogen) atoms. The zero-order valence-corrected chi connectivity index (χ0v) is 14.4. The molecule has 3 nitrogen and oxygen atoms in total. The Morgan fingerprint density at radius 1 is 1.42 bits per heavy atom. The number of halogens is 3. The van der Waals surface area contributed by atoms with Crippen LogP contribution in [0.3, 0.4) is 0 Å². The molecule has 0 aliphatic heterocycles. The van der Waals surface area contributed by atoms with Crippen LogP contribution < -0.4 is 0 Å². The number of hydrogen-bond acceptors (Lipinski definition) is 2. The summed E-state index contributed by atoms with van der Waals surface area (Å²) in [6.07, 6.45) is 1.05. The fraction of sp³-hybridized carbons (Fsp3) is 0.308. The second-order valence-corrected chi connectivity index (χ2v) is 7.10. The zero-order chi connectivity index (χ0) is 14.4. The van der Waals surface area contributed by atoms with Crippen molar-refractivity contribution < 1.29 is 13.9 Å². The molecule has 0 saturated heterocycles. The van der Waals surface area contributed by atoms with Crippen molar-refractivity contribution in [2.45, 2.75) is 26.4 Å². The lowest BCUT2D eigenvalue weighted by Crippen LogP contribution is -2.26. The monoisotopic (exact) mass is 439 g/mol. The number of rotatable bonds is 0. The normalized spacial score (nSPS) is 11.9. The first-order valence-corrected chi connectivity index (χ1v) is 7.46. The summed E-state index contributed by atoms with van der Waals surface area (Å²) >= 11 is 5.35. The number of benzene rings is 1. The van der Waals surface area contributed by atoms with Crippen LogP contribution in [-0.2, 0) is 4.74 Å². The molecule has 2 aromatic rings. The third-order valence-electron chi connectivity index (χ3n) is 2.39. The summed E-state index contributed by atoms with van der Waals surface area (Å²) in [5.41, 5.74) is -0.113. The highest BCUT2D eigenvalue weighted by atomic mass is 127. The van der Waals surface area contributed by atoms with Crippen LogP contribution in [0, 0.1) is 9.39 Å². The SMILES string of the molecule is CC(C)(C)OC(=O)n1cc(I)c2c(F)ccc(Br)c21. The molecule has 0 saturated carbocycles. The molecule has 0 atom stereocenters. The molecule has 1 aromatic carbocycles. The standard InChI is InChI=1S/C13H12BrFINO2/c1-13(2,3)19-12(18)17-6-9(16)10-8(15)5-4-7(14)11(10)17/h4-6H,1-3H3. The molecule has 1 aromatic heterocycles. The minimum absolute atomic E-state index is 0.357. The summed E-state index contributed by atoms with van der Waals surface area (Å²) in [6, 6.07) is 2.95. The summed E-state index contributed by atoms with van der Waals surface area (Å²) < 4.78 is 21.8. The van der Waals surface area contributed by atoms with Crippen molar-refractivity contribution in [3.05, 3.63) is 32.2 Å². The van der Waals surface area contributed by atoms with E-state index in [0.29, 0.717) is 18.9 Å². The van der Waals surface area contributed by atoms with Crippen LogP contribution in [-0.4, -0.2) is 16.3 Å². The van der Waals surface area contributed by atoms with Gasteiger partial charge in [0.2, 0.25) is 0 Å². The summed E-state index contributed by atoms with van der Waals surface area (Å²) in [5.74, 6) is -0.357. The Hall–Kier alpha value is -0.630. The predicted octanol–water partition coefficient (Wildman–Crippen LogP) is 4.93. The lowest BCUT2D eigenvalue weighted by Gasteiger charge is -2.19. The molecular formula is C13H12BrFINO2. The molecule has 102 valence electrons. The second kappa shape index (κ2) is 5.05. The molecule has 0 aliphatic carbocycles. The number of aromatic nitrogens is 1. The number of hydrogen-bond donors (Lipinski definition) is 0. The van der Waals surface area contributed by atoms with Crippen LogP contribution in [0.2, 0.25) is 0 Å². The van der Waals surface area contributed by atoms with E-state index in [1.165, 1.54) is 10.6 Å². The van der Waals surface area contributed by atoms with Crippen molar-refractivity contribution in [1.29, 1.82) is 0 Å². The van der Waals surface area contributed by atoms with Crippen LogP contribution in [0.5, 0.6) is 0 Å². The third-order valence-corrected chi connectivity index (χ3v) is 3.85. The fourth-order valence-electron chi connectivity index (χ4n) is 1.70. The van der Waals surface area contributed by atoms with Gasteiger partial charge in [0.1, 0.15) is 11.4 Å². The van der Waals surface area contributed by atoms with E-state index in [1.54, 1.807) is 33.0 Å². The molecule has 0 radical (unpaired) electrons. The first-order chi connectivity index (χ1) is 8.70. The van der Waals surface area contributed by atoms with Gasteiger partial charge in [-0.25, -0.2) is 9.18 Å². The largest absolute Gasteiger partial charge is 0.443 e. The summed E-state index contributed by atoms with van der Waals surface area (Å²) in [5, 5.41) is 0.417. The highest BCUT2D eigenvalue weighted by molar-refractivity contribution is 14.1. The molecule has 0 unspecified atom stereocenters. The number of ether oxygens (including phenoxy) is 1. The van der Waals surface area contributed by atoms with Gasteiger partial charge in [-0.1, -0.05) is 0 Å². The van der Waals surface area contributed by atoms with Crippen LogP contribution in [0.1, 0.15) is 20.8 Å². The lowest BCUT2D eigenvalue weighted by atomic mass is 10.2. The number of fused-ring (bicyclic) bond motifs is 1. The van der Waals surface area contributed by atoms with Gasteiger partial charge in [-0.3, -0.25) is 4.57 Å². The van der Waals surface area contributed by atoms with Gasteiger partial charge in [-0.2, -0.15) is 0 Å². The smallest absolute Gasteiger partial charge is 0.419 e. The van der Waals surface area contributed by atoms with E-state index in [2.05, 4.69) is 15.9 Å². The summed E-state index contributed by atoms with van der Waals surface area (Å²) in [7, 11) is 0. The van der Waals surface area contributed by atoms with E-state index in [-0.39, 0.29) is 5.82 Å². The lowest BCUT2D eigenvalue weighted by molar-refractivity contribution is 0.0544. The van der Waals surface area contributed by atoms with Crippen LogP contribution in [0.25, 0.3) is 10.9 Å². The number of nitrogens with zero attached hydrogens (tertiary/aromatic N) is 1. The third kappa shape index (κ3) is 2.94. The van der Waals surface area contributed by atoms with Crippen molar-refractivity contribution >= 4 is 55.5 Å². The molecular weight excluding hydrogens is 428 g/mol. The number of carbonyl (C=O) groups is 1. The van der Waals surface area contributed by atoms with E-state index < -0.39 is 11.7 Å². The Morgan fingerprint density at radius 2 is 2.05 bits per heavy atom. The average molecular weight is 440 g/mol. The van der Waals surface area contributed by atoms with Gasteiger partial charge in [0, 0.05) is 14.2 Å². The first-order valence-electron chi connectivity index (χ1n) is 5.58. The molecule has 0 N–H and O–H groups in total. The molecule has 0 fully saturated rings. The molecule has 2 rings (SSSR count). The Morgan fingerprint density at radius 3 is 2.63 bits per heavy atom. The van der Waals surface area contributed by atoms with Gasteiger partial charge in [-0.05, 0) is 71.4 Å². The van der Waals surface area contributed by atoms with Gasteiger partial charge < -0.3 is 4.74 Å². The van der Waals surface area contributed by atoms with E-state index in [4.69, 9.17) is 4.74 Å². The summed E-state index contributed by atoms with van der Waals surface area (Å²) in [6.45, 7) is 5.37. The Bertz CT molecular complexity index is 661. The minimum atomic E-state index is -0.598. The second-order valence-electron chi connectivity index (χ2n) is 5.08. The molecule has 0 amide bonds. The quantitative estimate of drug-likeness (QED) is 0.545. The summed E-state index contributed by atoms with van der Waals surface area (Å²) in [4.78, 5) is 12.1. The van der Waals surface area contributed by atoms with Crippen LogP contribution >= 0.6 is 38.5 Å². The molecule has 1 heterocycles. The van der Waals surface area contributed by atoms with E-state index in [9.17, 15) is 9.18 Å². The average Bonchev–Trinajstić information content (AvgIpc) is 2.61. The van der Waals surface area contributed by atoms with Gasteiger partial charge in [0.15, 0.2) is 0 Å². The maximum absolute atomic E-state index is 13.9. The van der Waals surface area contributed by atoms with Crippen molar-refractivity contribution in [1.82, 2.24) is 4.57 Å². The van der Waals surface area contributed by atoms with Gasteiger partial charge in [0.25, 0.3) is 0 Å². The minimum Gasteiger partial charge on any atom is -0.443 e. The fourth-order valence-corrected chi connectivity index (χ4v) is 3.01. The Balaban J connectivity index is 2.63. The van der Waals surface area contributed by atoms with E-state index in [1.807, 2.05) is 22.6 Å². The van der Waals surface area contributed by atoms with E-state index >= 15 is 0 Å². The maximum Gasteiger partial charge on any atom is 0.419 e. The van der Waals surface area contributed by atoms with Crippen molar-refractivity contribution in [2.75, 3.05) is 0 Å². The van der Waals surface area contributed by atoms with Crippen molar-refractivity contribution in [3.8, 4) is 0 Å². The highest BCUT2D eigenvalue weighted by Crippen LogP contribution is 2.32. The molecule has 0 bridgehead atoms. The highest BCUT2D eigenvalue weighted by Gasteiger charge is 2.22. The van der Waals surface area contributed by atoms with Crippen molar-refractivity contribution in [3.63, 3.8) is 0 Å². The van der Waals surface area contributed by atoms with Crippen LogP contribution in [0.4, 0.5) is 9.18 Å². The number of carbonyl (C=O) groups excluding carboxylic acids is 1. The molecule has 0 spiro atoms. The van der Waals surface area contributed by atoms with Gasteiger partial charge in [-0.15, -0.1) is 0 Å². The van der Waals surface area contributed by atoms with Gasteiger partial charge >= 0.3 is 6.09 Å². The van der Waals surface area contributed by atoms with Crippen LogP contribution in [0.15, 0.2) is 22.8 Å². The molecule has 6 heteroatoms. The van der Waals surface area contributed by atoms with E-state index in [0.717, 1.165) is 0 Å². The predicted molar refractivity (Wildman–Crippen MR) is 83.9 cm³/mol. The van der Waals surface area contributed by atoms with Crippen molar-refractivity contribution in [2.24, 2.45) is 0 Å². The zero-order valence-electron chi connectivity index (χ0n) is 10.6. The first kappa shape index (κ1) is 14.8. The molecule has 0 aliphatic rings.